The van der Waals surface area contributed by atoms with Gasteiger partial charge in [0.25, 0.3) is 0 Å². The lowest BCUT2D eigenvalue weighted by Crippen LogP contribution is -2.24. The number of nitrogens with zero attached hydrogens (tertiary/aromatic N) is 1. The summed E-state index contributed by atoms with van der Waals surface area (Å²) in [5, 5.41) is 2.22. The van der Waals surface area contributed by atoms with Gasteiger partial charge in [-0.25, -0.2) is 9.78 Å². The molecule has 0 aliphatic heterocycles. The fourth-order valence-corrected chi connectivity index (χ4v) is 3.52. The molecule has 0 saturated heterocycles. The van der Waals surface area contributed by atoms with E-state index in [9.17, 15) is 9.59 Å². The maximum atomic E-state index is 12.5. The van der Waals surface area contributed by atoms with Crippen LogP contribution in [-0.4, -0.2) is 44.2 Å². The first-order chi connectivity index (χ1) is 14.5. The molecule has 1 atom stereocenters. The first kappa shape index (κ1) is 21.3. The predicted octanol–water partition coefficient (Wildman–Crippen LogP) is 4.26. The second-order valence-corrected chi connectivity index (χ2v) is 7.11. The fraction of sp³-hybridized carbons (Fsp3) is 0.227. The lowest BCUT2D eigenvalue weighted by Gasteiger charge is -2.11. The first-order valence-electron chi connectivity index (χ1n) is 9.04. The number of thiazole rings is 1. The monoisotopic (exact) mass is 427 g/mol. The van der Waals surface area contributed by atoms with Crippen molar-refractivity contribution in [3.63, 3.8) is 0 Å². The van der Waals surface area contributed by atoms with Crippen LogP contribution in [0.4, 0.5) is 0 Å². The summed E-state index contributed by atoms with van der Waals surface area (Å²) in [4.78, 5) is 29.3. The Bertz CT molecular complexity index is 1040. The normalized spacial score (nSPS) is 11.5. The Morgan fingerprint density at radius 1 is 0.933 bits per heavy atom. The number of hydrogen-bond donors (Lipinski definition) is 0. The van der Waals surface area contributed by atoms with Gasteiger partial charge in [-0.2, -0.15) is 0 Å². The van der Waals surface area contributed by atoms with Crippen LogP contribution < -0.4 is 14.2 Å². The van der Waals surface area contributed by atoms with E-state index in [0.717, 1.165) is 5.56 Å². The summed E-state index contributed by atoms with van der Waals surface area (Å²) in [6.45, 7) is 1.53. The average Bonchev–Trinajstić information content (AvgIpc) is 3.28. The van der Waals surface area contributed by atoms with Crippen LogP contribution in [0.1, 0.15) is 27.8 Å². The SMILES string of the molecule is COc1ccc(C(=O)[C@H](C)OC(=O)c2csc(-c3ccc(OC)c(OC)c3)n2)cc1. The van der Waals surface area contributed by atoms with Crippen LogP contribution in [0.2, 0.25) is 0 Å². The van der Waals surface area contributed by atoms with E-state index in [1.165, 1.54) is 18.3 Å². The molecule has 8 heteroatoms. The lowest BCUT2D eigenvalue weighted by atomic mass is 10.1. The highest BCUT2D eigenvalue weighted by molar-refractivity contribution is 7.13. The number of benzene rings is 2. The zero-order valence-electron chi connectivity index (χ0n) is 17.0. The number of aromatic nitrogens is 1. The number of rotatable bonds is 8. The van der Waals surface area contributed by atoms with E-state index >= 15 is 0 Å². The van der Waals surface area contributed by atoms with Crippen LogP contribution in [0.25, 0.3) is 10.6 Å². The molecule has 0 aliphatic rings. The summed E-state index contributed by atoms with van der Waals surface area (Å²) < 4.78 is 20.9. The van der Waals surface area contributed by atoms with Gasteiger partial charge >= 0.3 is 5.97 Å². The summed E-state index contributed by atoms with van der Waals surface area (Å²) in [7, 11) is 4.66. The molecule has 3 rings (SSSR count). The summed E-state index contributed by atoms with van der Waals surface area (Å²) in [6.07, 6.45) is -0.947. The third-order valence-corrected chi connectivity index (χ3v) is 5.26. The summed E-state index contributed by atoms with van der Waals surface area (Å²) in [5.74, 6) is 0.839. The predicted molar refractivity (Wildman–Crippen MR) is 113 cm³/mol. The van der Waals surface area contributed by atoms with Crippen LogP contribution in [0.5, 0.6) is 17.2 Å². The van der Waals surface area contributed by atoms with Gasteiger partial charge in [0.15, 0.2) is 23.3 Å². The highest BCUT2D eigenvalue weighted by Crippen LogP contribution is 2.33. The van der Waals surface area contributed by atoms with Crippen LogP contribution in [0.15, 0.2) is 47.8 Å². The molecule has 0 unspecified atom stereocenters. The van der Waals surface area contributed by atoms with Crippen molar-refractivity contribution in [2.24, 2.45) is 0 Å². The molecule has 30 heavy (non-hydrogen) atoms. The summed E-state index contributed by atoms with van der Waals surface area (Å²) in [6, 6.07) is 12.0. The maximum absolute atomic E-state index is 12.5. The van der Waals surface area contributed by atoms with Gasteiger partial charge in [-0.05, 0) is 49.4 Å². The average molecular weight is 427 g/mol. The van der Waals surface area contributed by atoms with Crippen molar-refractivity contribution in [3.8, 4) is 27.8 Å². The van der Waals surface area contributed by atoms with Crippen molar-refractivity contribution >= 4 is 23.1 Å². The molecule has 0 radical (unpaired) electrons. The molecule has 2 aromatic carbocycles. The smallest absolute Gasteiger partial charge is 0.358 e. The van der Waals surface area contributed by atoms with E-state index in [2.05, 4.69) is 4.98 Å². The van der Waals surface area contributed by atoms with Gasteiger partial charge in [0.05, 0.1) is 21.3 Å². The van der Waals surface area contributed by atoms with Gasteiger partial charge in [-0.1, -0.05) is 0 Å². The van der Waals surface area contributed by atoms with E-state index in [0.29, 0.717) is 27.8 Å². The van der Waals surface area contributed by atoms with E-state index in [1.54, 1.807) is 63.1 Å². The third kappa shape index (κ3) is 4.60. The minimum absolute atomic E-state index is 0.138. The van der Waals surface area contributed by atoms with Gasteiger partial charge in [0, 0.05) is 16.5 Å². The molecule has 0 amide bonds. The van der Waals surface area contributed by atoms with E-state index in [1.807, 2.05) is 6.07 Å². The fourth-order valence-electron chi connectivity index (χ4n) is 2.73. The Hall–Kier alpha value is -3.39. The molecule has 3 aromatic rings. The number of esters is 1. The largest absolute Gasteiger partial charge is 0.497 e. The quantitative estimate of drug-likeness (QED) is 0.392. The highest BCUT2D eigenvalue weighted by Gasteiger charge is 2.22. The molecule has 1 aromatic heterocycles. The minimum Gasteiger partial charge on any atom is -0.497 e. The molecule has 1 heterocycles. The van der Waals surface area contributed by atoms with Gasteiger partial charge in [-0.3, -0.25) is 4.79 Å². The molecule has 0 saturated carbocycles. The van der Waals surface area contributed by atoms with E-state index in [-0.39, 0.29) is 11.5 Å². The Morgan fingerprint density at radius 3 is 2.27 bits per heavy atom. The molecular weight excluding hydrogens is 406 g/mol. The molecule has 156 valence electrons. The Balaban J connectivity index is 1.70. The van der Waals surface area contributed by atoms with Crippen molar-refractivity contribution < 1.29 is 28.5 Å². The summed E-state index contributed by atoms with van der Waals surface area (Å²) >= 11 is 1.29. The molecule has 0 N–H and O–H groups in total. The van der Waals surface area contributed by atoms with Gasteiger partial charge in [-0.15, -0.1) is 11.3 Å². The lowest BCUT2D eigenvalue weighted by molar-refractivity contribution is 0.0314. The molecule has 0 bridgehead atoms. The van der Waals surface area contributed by atoms with Crippen molar-refractivity contribution in [2.45, 2.75) is 13.0 Å². The standard InChI is InChI=1S/C22H21NO6S/c1-13(20(24)14-5-8-16(26-2)9-6-14)29-22(25)17-12-30-21(23-17)15-7-10-18(27-3)19(11-15)28-4/h5-13H,1-4H3/t13-/m0/s1. The molecule has 0 aliphatic carbocycles. The Labute approximate surface area is 178 Å². The van der Waals surface area contributed by atoms with Crippen molar-refractivity contribution in [2.75, 3.05) is 21.3 Å². The molecular formula is C22H21NO6S. The molecule has 7 nitrogen and oxygen atoms in total. The second-order valence-electron chi connectivity index (χ2n) is 6.25. The Kier molecular flexibility index (Phi) is 6.68. The second kappa shape index (κ2) is 9.41. The van der Waals surface area contributed by atoms with Gasteiger partial charge in [0.2, 0.25) is 5.78 Å². The number of methoxy groups -OCH3 is 3. The van der Waals surface area contributed by atoms with Crippen LogP contribution >= 0.6 is 11.3 Å². The maximum Gasteiger partial charge on any atom is 0.358 e. The Morgan fingerprint density at radius 2 is 1.63 bits per heavy atom. The van der Waals surface area contributed by atoms with Crippen molar-refractivity contribution in [1.82, 2.24) is 4.98 Å². The van der Waals surface area contributed by atoms with Crippen molar-refractivity contribution in [3.05, 3.63) is 59.1 Å². The van der Waals surface area contributed by atoms with Crippen LogP contribution in [0.3, 0.4) is 0 Å². The number of ether oxygens (including phenoxy) is 4. The number of carbonyl (C=O) groups is 2. The summed E-state index contributed by atoms with van der Waals surface area (Å²) in [5.41, 5.74) is 1.35. The highest BCUT2D eigenvalue weighted by atomic mass is 32.1. The third-order valence-electron chi connectivity index (χ3n) is 4.37. The van der Waals surface area contributed by atoms with E-state index < -0.39 is 12.1 Å². The van der Waals surface area contributed by atoms with Crippen LogP contribution in [0, 0.1) is 0 Å². The van der Waals surface area contributed by atoms with E-state index in [4.69, 9.17) is 18.9 Å². The van der Waals surface area contributed by atoms with Crippen LogP contribution in [-0.2, 0) is 4.74 Å². The number of ketones is 1. The van der Waals surface area contributed by atoms with Crippen molar-refractivity contribution in [1.29, 1.82) is 0 Å². The number of hydrogen-bond acceptors (Lipinski definition) is 8. The molecule has 0 fully saturated rings. The molecule has 0 spiro atoms. The first-order valence-corrected chi connectivity index (χ1v) is 9.92. The number of Topliss-reactive ketones (excluding diaryl/α,β-unsaturated/α-hetero) is 1. The zero-order valence-corrected chi connectivity index (χ0v) is 17.8. The van der Waals surface area contributed by atoms with Gasteiger partial charge < -0.3 is 18.9 Å². The topological polar surface area (TPSA) is 84.0 Å². The van der Waals surface area contributed by atoms with Gasteiger partial charge in [0.1, 0.15) is 10.8 Å². The minimum atomic E-state index is -0.947. The number of carbonyl (C=O) groups excluding carboxylic acids is 2. The zero-order chi connectivity index (χ0) is 21.7.